The van der Waals surface area contributed by atoms with Crippen LogP contribution in [-0.2, 0) is 0 Å². The molecule has 0 saturated carbocycles. The minimum atomic E-state index is -0.346. The molecule has 0 aliphatic heterocycles. The van der Waals surface area contributed by atoms with Crippen molar-refractivity contribution >= 4 is 29.1 Å². The number of ether oxygens (including phenoxy) is 1. The molecule has 2 amide bonds. The van der Waals surface area contributed by atoms with Gasteiger partial charge in [-0.2, -0.15) is 0 Å². The van der Waals surface area contributed by atoms with Crippen LogP contribution >= 0.6 is 11.6 Å². The maximum absolute atomic E-state index is 12.5. The lowest BCUT2D eigenvalue weighted by Crippen LogP contribution is -2.31. The van der Waals surface area contributed by atoms with Crippen molar-refractivity contribution in [3.63, 3.8) is 0 Å². The molecule has 2 rings (SSSR count). The zero-order chi connectivity index (χ0) is 19.1. The summed E-state index contributed by atoms with van der Waals surface area (Å²) in [7, 11) is 0. The molecule has 0 atom stereocenters. The third kappa shape index (κ3) is 5.36. The van der Waals surface area contributed by atoms with Gasteiger partial charge in [0.1, 0.15) is 12.4 Å². The number of nitrogens with one attached hydrogen (secondary N) is 2. The first-order valence-electron chi connectivity index (χ1n) is 8.16. The summed E-state index contributed by atoms with van der Waals surface area (Å²) in [5.74, 6) is 0.0162. The van der Waals surface area contributed by atoms with Crippen molar-refractivity contribution in [1.29, 1.82) is 0 Å². The first-order valence-corrected chi connectivity index (χ1v) is 8.54. The molecule has 0 bridgehead atoms. The van der Waals surface area contributed by atoms with Crippen molar-refractivity contribution in [2.75, 3.05) is 11.9 Å². The lowest BCUT2D eigenvalue weighted by molar-refractivity contribution is 0.0944. The predicted octanol–water partition coefficient (Wildman–Crippen LogP) is 4.30. The molecule has 26 heavy (non-hydrogen) atoms. The van der Waals surface area contributed by atoms with Crippen LogP contribution in [0.2, 0.25) is 5.02 Å². The molecule has 2 aromatic carbocycles. The molecule has 6 heteroatoms. The van der Waals surface area contributed by atoms with Gasteiger partial charge in [0.2, 0.25) is 0 Å². The van der Waals surface area contributed by atoms with E-state index in [1.54, 1.807) is 48.5 Å². The number of halogens is 1. The number of hydrogen-bond acceptors (Lipinski definition) is 3. The van der Waals surface area contributed by atoms with E-state index >= 15 is 0 Å². The summed E-state index contributed by atoms with van der Waals surface area (Å²) >= 11 is 6.02. The Balaban J connectivity index is 2.18. The van der Waals surface area contributed by atoms with Gasteiger partial charge in [-0.25, -0.2) is 0 Å². The van der Waals surface area contributed by atoms with E-state index in [0.29, 0.717) is 34.2 Å². The van der Waals surface area contributed by atoms with Gasteiger partial charge < -0.3 is 15.4 Å². The quantitative estimate of drug-likeness (QED) is 0.712. The van der Waals surface area contributed by atoms with Gasteiger partial charge in [-0.3, -0.25) is 9.59 Å². The highest BCUT2D eigenvalue weighted by atomic mass is 35.5. The molecule has 0 unspecified atom stereocenters. The minimum absolute atomic E-state index is 0.0233. The van der Waals surface area contributed by atoms with Crippen LogP contribution in [0.5, 0.6) is 5.75 Å². The average Bonchev–Trinajstić information content (AvgIpc) is 2.59. The normalized spacial score (nSPS) is 10.3. The van der Waals surface area contributed by atoms with Gasteiger partial charge >= 0.3 is 0 Å². The number of carbonyl (C=O) groups is 2. The van der Waals surface area contributed by atoms with Gasteiger partial charge in [0.25, 0.3) is 11.8 Å². The summed E-state index contributed by atoms with van der Waals surface area (Å²) in [5, 5.41) is 5.97. The van der Waals surface area contributed by atoms with Crippen molar-refractivity contribution in [3.05, 3.63) is 71.3 Å². The van der Waals surface area contributed by atoms with Gasteiger partial charge in [-0.1, -0.05) is 24.3 Å². The molecule has 5 nitrogen and oxygen atoms in total. The third-order valence-corrected chi connectivity index (χ3v) is 3.61. The van der Waals surface area contributed by atoms with E-state index in [2.05, 4.69) is 17.2 Å². The molecule has 0 aliphatic carbocycles. The molecule has 0 aliphatic rings. The molecule has 136 valence electrons. The Morgan fingerprint density at radius 1 is 1.15 bits per heavy atom. The average molecular weight is 373 g/mol. The Kier molecular flexibility index (Phi) is 6.81. The number of rotatable bonds is 7. The minimum Gasteiger partial charge on any atom is -0.490 e. The van der Waals surface area contributed by atoms with Crippen molar-refractivity contribution in [2.24, 2.45) is 0 Å². The van der Waals surface area contributed by atoms with E-state index in [0.717, 1.165) is 0 Å². The van der Waals surface area contributed by atoms with Crippen LogP contribution in [0.1, 0.15) is 34.6 Å². The Labute approximate surface area is 158 Å². The Morgan fingerprint density at radius 2 is 1.85 bits per heavy atom. The summed E-state index contributed by atoms with van der Waals surface area (Å²) in [6, 6.07) is 11.4. The molecule has 0 spiro atoms. The molecule has 2 aromatic rings. The maximum Gasteiger partial charge on any atom is 0.255 e. The number of anilines is 1. The van der Waals surface area contributed by atoms with Crippen molar-refractivity contribution in [2.45, 2.75) is 19.9 Å². The van der Waals surface area contributed by atoms with Crippen molar-refractivity contribution < 1.29 is 14.3 Å². The molecule has 0 fully saturated rings. The molecule has 0 heterocycles. The van der Waals surface area contributed by atoms with Crippen LogP contribution in [-0.4, -0.2) is 24.5 Å². The zero-order valence-corrected chi connectivity index (χ0v) is 15.5. The topological polar surface area (TPSA) is 67.4 Å². The molecule has 2 N–H and O–H groups in total. The van der Waals surface area contributed by atoms with Crippen LogP contribution in [0.25, 0.3) is 0 Å². The van der Waals surface area contributed by atoms with Crippen molar-refractivity contribution in [1.82, 2.24) is 5.32 Å². The highest BCUT2D eigenvalue weighted by Gasteiger charge is 2.16. The van der Waals surface area contributed by atoms with Gasteiger partial charge in [0, 0.05) is 16.6 Å². The van der Waals surface area contributed by atoms with Crippen LogP contribution in [0.4, 0.5) is 5.69 Å². The number of carbonyl (C=O) groups excluding carboxylic acids is 2. The Bertz CT molecular complexity index is 801. The lowest BCUT2D eigenvalue weighted by atomic mass is 10.1. The first kappa shape index (κ1) is 19.5. The highest BCUT2D eigenvalue weighted by molar-refractivity contribution is 6.31. The fraction of sp³-hybridized carbons (Fsp3) is 0.200. The van der Waals surface area contributed by atoms with Gasteiger partial charge in [-0.05, 0) is 56.3 Å². The highest BCUT2D eigenvalue weighted by Crippen LogP contribution is 2.22. The van der Waals surface area contributed by atoms with Gasteiger partial charge in [0.15, 0.2) is 0 Å². The predicted molar refractivity (Wildman–Crippen MR) is 104 cm³/mol. The second-order valence-corrected chi connectivity index (χ2v) is 6.33. The SMILES string of the molecule is C=CCOc1ccc(C(=O)Nc2cc(Cl)ccc2C(=O)NC(C)C)cc1. The molecular weight excluding hydrogens is 352 g/mol. The monoisotopic (exact) mass is 372 g/mol. The van der Waals surface area contributed by atoms with Crippen LogP contribution in [0, 0.1) is 0 Å². The van der Waals surface area contributed by atoms with E-state index in [4.69, 9.17) is 16.3 Å². The summed E-state index contributed by atoms with van der Waals surface area (Å²) in [4.78, 5) is 24.8. The summed E-state index contributed by atoms with van der Waals surface area (Å²) in [5.41, 5.74) is 1.14. The maximum atomic E-state index is 12.5. The Morgan fingerprint density at radius 3 is 2.46 bits per heavy atom. The van der Waals surface area contributed by atoms with E-state index < -0.39 is 0 Å². The second-order valence-electron chi connectivity index (χ2n) is 5.90. The van der Waals surface area contributed by atoms with Crippen LogP contribution < -0.4 is 15.4 Å². The lowest BCUT2D eigenvalue weighted by Gasteiger charge is -2.14. The second kappa shape index (κ2) is 9.06. The smallest absolute Gasteiger partial charge is 0.255 e. The molecule has 0 radical (unpaired) electrons. The molecular formula is C20H21ClN2O3. The number of hydrogen-bond donors (Lipinski definition) is 2. The molecule has 0 saturated heterocycles. The fourth-order valence-corrected chi connectivity index (χ4v) is 2.38. The van der Waals surface area contributed by atoms with Crippen LogP contribution in [0.3, 0.4) is 0 Å². The summed E-state index contributed by atoms with van der Waals surface area (Å²) < 4.78 is 5.39. The third-order valence-electron chi connectivity index (χ3n) is 3.38. The summed E-state index contributed by atoms with van der Waals surface area (Å²) in [6.07, 6.45) is 1.64. The van der Waals surface area contributed by atoms with Gasteiger partial charge in [0.05, 0.1) is 11.3 Å². The van der Waals surface area contributed by atoms with Crippen LogP contribution in [0.15, 0.2) is 55.1 Å². The standard InChI is InChI=1S/C20H21ClN2O3/c1-4-11-26-16-8-5-14(6-9-16)19(24)23-18-12-15(21)7-10-17(18)20(25)22-13(2)3/h4-10,12-13H,1,11H2,2-3H3,(H,22,25)(H,23,24). The van der Waals surface area contributed by atoms with E-state index in [1.807, 2.05) is 13.8 Å². The fourth-order valence-electron chi connectivity index (χ4n) is 2.21. The van der Waals surface area contributed by atoms with Crippen molar-refractivity contribution in [3.8, 4) is 5.75 Å². The Hall–Kier alpha value is -2.79. The summed E-state index contributed by atoms with van der Waals surface area (Å²) in [6.45, 7) is 7.70. The van der Waals surface area contributed by atoms with E-state index in [9.17, 15) is 9.59 Å². The zero-order valence-electron chi connectivity index (χ0n) is 14.7. The first-order chi connectivity index (χ1) is 12.4. The largest absolute Gasteiger partial charge is 0.490 e. The molecule has 0 aromatic heterocycles. The van der Waals surface area contributed by atoms with E-state index in [1.165, 1.54) is 0 Å². The number of benzene rings is 2. The van der Waals surface area contributed by atoms with E-state index in [-0.39, 0.29) is 17.9 Å². The number of amides is 2. The van der Waals surface area contributed by atoms with Gasteiger partial charge in [-0.15, -0.1) is 0 Å².